The lowest BCUT2D eigenvalue weighted by atomic mass is 9.89. The highest BCUT2D eigenvalue weighted by Crippen LogP contribution is 2.20. The van der Waals surface area contributed by atoms with Crippen LogP contribution >= 0.6 is 0 Å². The molecule has 0 N–H and O–H groups in total. The molecular formula is C11H21O2-. The molecule has 2 unspecified atom stereocenters. The van der Waals surface area contributed by atoms with Crippen molar-refractivity contribution < 1.29 is 9.90 Å². The monoisotopic (exact) mass is 185 g/mol. The number of unbranched alkanes of at least 4 members (excludes halogenated alkanes) is 1. The zero-order valence-corrected chi connectivity index (χ0v) is 9.01. The number of carboxylic acids is 1. The molecule has 0 aromatic carbocycles. The van der Waals surface area contributed by atoms with Gasteiger partial charge in [0.1, 0.15) is 0 Å². The van der Waals surface area contributed by atoms with E-state index >= 15 is 0 Å². The highest BCUT2D eigenvalue weighted by Gasteiger charge is 2.11. The first kappa shape index (κ1) is 12.5. The Morgan fingerprint density at radius 3 is 2.38 bits per heavy atom. The van der Waals surface area contributed by atoms with Gasteiger partial charge in [-0.2, -0.15) is 0 Å². The van der Waals surface area contributed by atoms with Crippen LogP contribution in [0.2, 0.25) is 0 Å². The molecule has 2 heteroatoms. The van der Waals surface area contributed by atoms with E-state index in [2.05, 4.69) is 13.8 Å². The van der Waals surface area contributed by atoms with Crippen molar-refractivity contribution in [1.82, 2.24) is 0 Å². The van der Waals surface area contributed by atoms with Crippen LogP contribution in [-0.2, 0) is 4.79 Å². The number of aliphatic carboxylic acids is 1. The summed E-state index contributed by atoms with van der Waals surface area (Å²) < 4.78 is 0. The molecule has 0 aliphatic heterocycles. The lowest BCUT2D eigenvalue weighted by Gasteiger charge is -2.19. The number of carbonyl (C=O) groups is 1. The maximum atomic E-state index is 10.5. The third-order valence-electron chi connectivity index (χ3n) is 2.63. The van der Waals surface area contributed by atoms with Crippen molar-refractivity contribution in [1.29, 1.82) is 0 Å². The molecule has 0 bridgehead atoms. The average molecular weight is 185 g/mol. The Balaban J connectivity index is 3.75. The van der Waals surface area contributed by atoms with Crippen LogP contribution in [0.4, 0.5) is 0 Å². The van der Waals surface area contributed by atoms with Gasteiger partial charge < -0.3 is 9.90 Å². The predicted octanol–water partition coefficient (Wildman–Crippen LogP) is 1.98. The second-order valence-corrected chi connectivity index (χ2v) is 3.87. The van der Waals surface area contributed by atoms with Crippen LogP contribution < -0.4 is 5.11 Å². The largest absolute Gasteiger partial charge is 0.550 e. The van der Waals surface area contributed by atoms with Crippen LogP contribution in [0.15, 0.2) is 0 Å². The summed E-state index contributed by atoms with van der Waals surface area (Å²) in [6.07, 6.45) is 5.41. The Hall–Kier alpha value is -0.530. The van der Waals surface area contributed by atoms with E-state index in [1.165, 1.54) is 12.8 Å². The van der Waals surface area contributed by atoms with Crippen LogP contribution in [0, 0.1) is 11.8 Å². The van der Waals surface area contributed by atoms with Gasteiger partial charge in [0.05, 0.1) is 0 Å². The molecule has 0 aromatic heterocycles. The molecule has 0 aliphatic carbocycles. The van der Waals surface area contributed by atoms with Crippen LogP contribution in [0.5, 0.6) is 0 Å². The van der Waals surface area contributed by atoms with Gasteiger partial charge in [0.25, 0.3) is 0 Å². The van der Waals surface area contributed by atoms with Gasteiger partial charge in [-0.05, 0) is 18.3 Å². The minimum atomic E-state index is -0.907. The summed E-state index contributed by atoms with van der Waals surface area (Å²) in [4.78, 5) is 10.5. The predicted molar refractivity (Wildman–Crippen MR) is 52.1 cm³/mol. The van der Waals surface area contributed by atoms with Crippen molar-refractivity contribution in [2.24, 2.45) is 11.8 Å². The zero-order valence-electron chi connectivity index (χ0n) is 9.01. The quantitative estimate of drug-likeness (QED) is 0.608. The molecule has 0 spiro atoms. The summed E-state index contributed by atoms with van der Waals surface area (Å²) in [6.45, 7) is 6.03. The summed E-state index contributed by atoms with van der Waals surface area (Å²) in [7, 11) is 0. The van der Waals surface area contributed by atoms with E-state index in [4.69, 9.17) is 0 Å². The first-order valence-electron chi connectivity index (χ1n) is 5.32. The minimum Gasteiger partial charge on any atom is -0.550 e. The van der Waals surface area contributed by atoms with Crippen LogP contribution in [0.25, 0.3) is 0 Å². The van der Waals surface area contributed by atoms with E-state index in [1.807, 2.05) is 0 Å². The molecule has 0 saturated heterocycles. The fraction of sp³-hybridized carbons (Fsp3) is 0.909. The third-order valence-corrected chi connectivity index (χ3v) is 2.63. The fourth-order valence-corrected chi connectivity index (χ4v) is 1.58. The first-order valence-corrected chi connectivity index (χ1v) is 5.32. The normalized spacial score (nSPS) is 15.3. The number of hydrogen-bond acceptors (Lipinski definition) is 2. The lowest BCUT2D eigenvalue weighted by molar-refractivity contribution is -0.311. The van der Waals surface area contributed by atoms with Gasteiger partial charge >= 0.3 is 0 Å². The minimum absolute atomic E-state index is 0.290. The van der Waals surface area contributed by atoms with Gasteiger partial charge in [-0.15, -0.1) is 0 Å². The molecule has 78 valence electrons. The van der Waals surface area contributed by atoms with Crippen LogP contribution in [-0.4, -0.2) is 5.97 Å². The SMILES string of the molecule is CCCCC(CC)CC(C)C(=O)[O-]. The van der Waals surface area contributed by atoms with Crippen molar-refractivity contribution >= 4 is 5.97 Å². The molecule has 13 heavy (non-hydrogen) atoms. The second kappa shape index (κ2) is 6.93. The summed E-state index contributed by atoms with van der Waals surface area (Å²) >= 11 is 0. The number of carboxylic acid groups (broad SMARTS) is 1. The van der Waals surface area contributed by atoms with Gasteiger partial charge in [0.15, 0.2) is 0 Å². The molecule has 2 atom stereocenters. The van der Waals surface area contributed by atoms with Gasteiger partial charge in [-0.25, -0.2) is 0 Å². The van der Waals surface area contributed by atoms with Crippen molar-refractivity contribution in [2.75, 3.05) is 0 Å². The van der Waals surface area contributed by atoms with E-state index in [0.29, 0.717) is 5.92 Å². The highest BCUT2D eigenvalue weighted by molar-refractivity contribution is 5.66. The topological polar surface area (TPSA) is 40.1 Å². The molecule has 0 amide bonds. The zero-order chi connectivity index (χ0) is 10.3. The molecular weight excluding hydrogens is 164 g/mol. The van der Waals surface area contributed by atoms with Crippen LogP contribution in [0.3, 0.4) is 0 Å². The van der Waals surface area contributed by atoms with Gasteiger partial charge in [-0.3, -0.25) is 0 Å². The summed E-state index contributed by atoms with van der Waals surface area (Å²) in [6, 6.07) is 0. The van der Waals surface area contributed by atoms with E-state index in [1.54, 1.807) is 6.92 Å². The van der Waals surface area contributed by atoms with E-state index in [-0.39, 0.29) is 5.92 Å². The Kier molecular flexibility index (Phi) is 6.65. The maximum absolute atomic E-state index is 10.5. The molecule has 0 heterocycles. The fourth-order valence-electron chi connectivity index (χ4n) is 1.58. The van der Waals surface area contributed by atoms with Crippen molar-refractivity contribution in [2.45, 2.75) is 52.9 Å². The van der Waals surface area contributed by atoms with Gasteiger partial charge in [-0.1, -0.05) is 46.5 Å². The van der Waals surface area contributed by atoms with Crippen LogP contribution in [0.1, 0.15) is 52.9 Å². The van der Waals surface area contributed by atoms with E-state index < -0.39 is 5.97 Å². The third kappa shape index (κ3) is 5.67. The summed E-state index contributed by atoms with van der Waals surface area (Å²) in [5.74, 6) is -0.635. The Labute approximate surface area is 81.3 Å². The smallest absolute Gasteiger partial charge is 0.0442 e. The van der Waals surface area contributed by atoms with Gasteiger partial charge in [0, 0.05) is 5.97 Å². The standard InChI is InChI=1S/C11H22O2/c1-4-6-7-10(5-2)8-9(3)11(12)13/h9-10H,4-8H2,1-3H3,(H,12,13)/p-1. The van der Waals surface area contributed by atoms with Gasteiger partial charge in [0.2, 0.25) is 0 Å². The van der Waals surface area contributed by atoms with E-state index in [9.17, 15) is 9.90 Å². The lowest BCUT2D eigenvalue weighted by Crippen LogP contribution is -2.30. The number of rotatable bonds is 7. The number of carbonyl (C=O) groups excluding carboxylic acids is 1. The summed E-state index contributed by atoms with van der Waals surface area (Å²) in [5.41, 5.74) is 0. The molecule has 0 rings (SSSR count). The van der Waals surface area contributed by atoms with Crippen molar-refractivity contribution in [3.8, 4) is 0 Å². The second-order valence-electron chi connectivity index (χ2n) is 3.87. The molecule has 0 saturated carbocycles. The Bertz CT molecular complexity index is 143. The molecule has 0 aliphatic rings. The van der Waals surface area contributed by atoms with Crippen molar-refractivity contribution in [3.05, 3.63) is 0 Å². The first-order chi connectivity index (χ1) is 6.11. The Morgan fingerprint density at radius 1 is 1.38 bits per heavy atom. The maximum Gasteiger partial charge on any atom is 0.0442 e. The molecule has 0 fully saturated rings. The molecule has 0 aromatic rings. The molecule has 2 nitrogen and oxygen atoms in total. The van der Waals surface area contributed by atoms with E-state index in [0.717, 1.165) is 19.3 Å². The Morgan fingerprint density at radius 2 is 2.00 bits per heavy atom. The average Bonchev–Trinajstić information content (AvgIpc) is 2.11. The molecule has 0 radical (unpaired) electrons. The number of hydrogen-bond donors (Lipinski definition) is 0. The highest BCUT2D eigenvalue weighted by atomic mass is 16.4. The van der Waals surface area contributed by atoms with Crippen molar-refractivity contribution in [3.63, 3.8) is 0 Å². The summed E-state index contributed by atoms with van der Waals surface area (Å²) in [5, 5.41) is 10.5.